The van der Waals surface area contributed by atoms with Crippen LogP contribution in [-0.4, -0.2) is 47.8 Å². The number of halogens is 2. The molecule has 9 heteroatoms. The minimum absolute atomic E-state index is 0.149. The molecule has 3 rings (SSSR count). The van der Waals surface area contributed by atoms with Crippen LogP contribution >= 0.6 is 35.0 Å². The molecule has 2 aromatic carbocycles. The van der Waals surface area contributed by atoms with Crippen molar-refractivity contribution in [2.45, 2.75) is 12.5 Å². The number of nitrogens with one attached hydrogen (secondary N) is 1. The summed E-state index contributed by atoms with van der Waals surface area (Å²) in [4.78, 5) is 39.8. The molecule has 6 nitrogen and oxygen atoms in total. The van der Waals surface area contributed by atoms with Crippen LogP contribution in [-0.2, 0) is 4.79 Å². The van der Waals surface area contributed by atoms with Crippen molar-refractivity contribution in [3.8, 4) is 5.75 Å². The lowest BCUT2D eigenvalue weighted by Crippen LogP contribution is -2.47. The summed E-state index contributed by atoms with van der Waals surface area (Å²) < 4.78 is 5.10. The summed E-state index contributed by atoms with van der Waals surface area (Å²) in [5.41, 5.74) is 0.833. The first-order valence-corrected chi connectivity index (χ1v) is 10.8. The van der Waals surface area contributed by atoms with Crippen LogP contribution in [0.5, 0.6) is 5.75 Å². The van der Waals surface area contributed by atoms with Crippen molar-refractivity contribution in [1.82, 2.24) is 4.90 Å². The van der Waals surface area contributed by atoms with Gasteiger partial charge in [0, 0.05) is 5.69 Å². The second kappa shape index (κ2) is 9.07. The molecule has 2 aromatic rings. The Morgan fingerprint density at radius 1 is 1.10 bits per heavy atom. The molecule has 0 spiro atoms. The van der Waals surface area contributed by atoms with E-state index in [2.05, 4.69) is 5.32 Å². The third kappa shape index (κ3) is 4.37. The van der Waals surface area contributed by atoms with Crippen LogP contribution < -0.4 is 10.1 Å². The van der Waals surface area contributed by atoms with Crippen molar-refractivity contribution in [1.29, 1.82) is 0 Å². The fourth-order valence-corrected chi connectivity index (χ4v) is 3.83. The Labute approximate surface area is 182 Å². The minimum atomic E-state index is -0.963. The van der Waals surface area contributed by atoms with Gasteiger partial charge in [-0.05, 0) is 54.8 Å². The minimum Gasteiger partial charge on any atom is -0.497 e. The number of fused-ring (bicyclic) bond motifs is 1. The fraction of sp³-hybridized carbons (Fsp3) is 0.250. The van der Waals surface area contributed by atoms with Crippen molar-refractivity contribution in [2.75, 3.05) is 24.4 Å². The van der Waals surface area contributed by atoms with Gasteiger partial charge < -0.3 is 10.1 Å². The Hall–Kier alpha value is -2.22. The van der Waals surface area contributed by atoms with Gasteiger partial charge >= 0.3 is 0 Å². The van der Waals surface area contributed by atoms with E-state index >= 15 is 0 Å². The number of imide groups is 1. The van der Waals surface area contributed by atoms with Gasteiger partial charge in [-0.3, -0.25) is 19.3 Å². The van der Waals surface area contributed by atoms with Gasteiger partial charge in [0.05, 0.1) is 28.3 Å². The number of anilines is 1. The molecule has 0 fully saturated rings. The molecule has 1 atom stereocenters. The van der Waals surface area contributed by atoms with Gasteiger partial charge in [-0.2, -0.15) is 11.8 Å². The van der Waals surface area contributed by atoms with E-state index in [4.69, 9.17) is 27.9 Å². The maximum atomic E-state index is 13.0. The van der Waals surface area contributed by atoms with Crippen molar-refractivity contribution in [3.05, 3.63) is 57.6 Å². The summed E-state index contributed by atoms with van der Waals surface area (Å²) in [7, 11) is 1.55. The van der Waals surface area contributed by atoms with Gasteiger partial charge in [0.15, 0.2) is 0 Å². The standard InChI is InChI=1S/C20H18Cl2N2O4S/c1-28-12-5-3-11(4-6-12)23-18(25)17(7-8-29-2)24-19(26)13-9-15(21)16(22)10-14(13)20(24)27/h3-6,9-10,17H,7-8H2,1-2H3,(H,23,25)/t17-/m0/s1. The number of carbonyl (C=O) groups is 3. The Morgan fingerprint density at radius 3 is 2.14 bits per heavy atom. The topological polar surface area (TPSA) is 75.7 Å². The number of hydrogen-bond acceptors (Lipinski definition) is 5. The van der Waals surface area contributed by atoms with E-state index in [-0.39, 0.29) is 21.2 Å². The molecule has 0 aromatic heterocycles. The van der Waals surface area contributed by atoms with E-state index < -0.39 is 23.8 Å². The molecular formula is C20H18Cl2N2O4S. The predicted molar refractivity (Wildman–Crippen MR) is 115 cm³/mol. The maximum absolute atomic E-state index is 13.0. The first kappa shape index (κ1) is 21.5. The van der Waals surface area contributed by atoms with E-state index in [1.165, 1.54) is 23.9 Å². The van der Waals surface area contributed by atoms with Crippen molar-refractivity contribution < 1.29 is 19.1 Å². The van der Waals surface area contributed by atoms with Gasteiger partial charge in [0.25, 0.3) is 11.8 Å². The molecule has 1 aliphatic heterocycles. The van der Waals surface area contributed by atoms with Crippen LogP contribution in [0.4, 0.5) is 5.69 Å². The van der Waals surface area contributed by atoms with Crippen LogP contribution in [0.1, 0.15) is 27.1 Å². The summed E-state index contributed by atoms with van der Waals surface area (Å²) in [6.07, 6.45) is 2.20. The van der Waals surface area contributed by atoms with E-state index in [0.29, 0.717) is 23.6 Å². The lowest BCUT2D eigenvalue weighted by atomic mass is 10.1. The SMILES string of the molecule is COc1ccc(NC(=O)[C@H](CCSC)N2C(=O)c3cc(Cl)c(Cl)cc3C2=O)cc1. The molecule has 1 N–H and O–H groups in total. The molecule has 0 saturated heterocycles. The summed E-state index contributed by atoms with van der Waals surface area (Å²) in [5.74, 6) is -0.318. The Kier molecular flexibility index (Phi) is 6.72. The van der Waals surface area contributed by atoms with E-state index in [0.717, 1.165) is 4.90 Å². The Morgan fingerprint density at radius 2 is 1.66 bits per heavy atom. The molecule has 1 heterocycles. The van der Waals surface area contributed by atoms with Crippen molar-refractivity contribution in [2.24, 2.45) is 0 Å². The summed E-state index contributed by atoms with van der Waals surface area (Å²) in [6.45, 7) is 0. The van der Waals surface area contributed by atoms with Gasteiger partial charge in [0.1, 0.15) is 11.8 Å². The van der Waals surface area contributed by atoms with Crippen LogP contribution in [0.15, 0.2) is 36.4 Å². The zero-order valence-electron chi connectivity index (χ0n) is 15.7. The second-order valence-corrected chi connectivity index (χ2v) is 8.11. The smallest absolute Gasteiger partial charge is 0.262 e. The number of amides is 3. The molecule has 152 valence electrons. The van der Waals surface area contributed by atoms with Crippen LogP contribution in [0.25, 0.3) is 0 Å². The highest BCUT2D eigenvalue weighted by atomic mass is 35.5. The second-order valence-electron chi connectivity index (χ2n) is 6.31. The first-order valence-electron chi connectivity index (χ1n) is 8.68. The molecule has 1 aliphatic rings. The largest absolute Gasteiger partial charge is 0.497 e. The average molecular weight is 453 g/mol. The number of rotatable bonds is 7. The molecular weight excluding hydrogens is 435 g/mol. The van der Waals surface area contributed by atoms with Crippen molar-refractivity contribution >= 4 is 58.4 Å². The van der Waals surface area contributed by atoms with Crippen LogP contribution in [0.2, 0.25) is 10.0 Å². The average Bonchev–Trinajstić information content (AvgIpc) is 2.94. The van der Waals surface area contributed by atoms with E-state index in [1.54, 1.807) is 31.4 Å². The van der Waals surface area contributed by atoms with Gasteiger partial charge in [-0.1, -0.05) is 23.2 Å². The summed E-state index contributed by atoms with van der Waals surface area (Å²) in [6, 6.07) is 8.55. The van der Waals surface area contributed by atoms with E-state index in [9.17, 15) is 14.4 Å². The Balaban J connectivity index is 1.88. The summed E-state index contributed by atoms with van der Waals surface area (Å²) in [5, 5.41) is 3.12. The molecule has 0 unspecified atom stereocenters. The van der Waals surface area contributed by atoms with Gasteiger partial charge in [0.2, 0.25) is 5.91 Å². The normalized spacial score (nSPS) is 14.0. The number of ether oxygens (including phenoxy) is 1. The third-order valence-electron chi connectivity index (χ3n) is 4.53. The number of nitrogens with zero attached hydrogens (tertiary/aromatic N) is 1. The molecule has 0 bridgehead atoms. The molecule has 0 radical (unpaired) electrons. The lowest BCUT2D eigenvalue weighted by Gasteiger charge is -2.25. The number of thioether (sulfide) groups is 1. The van der Waals surface area contributed by atoms with Crippen LogP contribution in [0, 0.1) is 0 Å². The molecule has 29 heavy (non-hydrogen) atoms. The molecule has 0 aliphatic carbocycles. The van der Waals surface area contributed by atoms with E-state index in [1.807, 2.05) is 6.26 Å². The fourth-order valence-electron chi connectivity index (χ4n) is 3.04. The number of carbonyl (C=O) groups excluding carboxylic acids is 3. The Bertz CT molecular complexity index is 925. The third-order valence-corrected chi connectivity index (χ3v) is 5.89. The highest BCUT2D eigenvalue weighted by Crippen LogP contribution is 2.33. The van der Waals surface area contributed by atoms with Gasteiger partial charge in [-0.25, -0.2) is 0 Å². The number of benzene rings is 2. The number of methoxy groups -OCH3 is 1. The zero-order valence-corrected chi connectivity index (χ0v) is 18.0. The first-order chi connectivity index (χ1) is 13.9. The highest BCUT2D eigenvalue weighted by molar-refractivity contribution is 7.98. The maximum Gasteiger partial charge on any atom is 0.262 e. The molecule has 3 amide bonds. The van der Waals surface area contributed by atoms with Crippen molar-refractivity contribution in [3.63, 3.8) is 0 Å². The van der Waals surface area contributed by atoms with Crippen LogP contribution in [0.3, 0.4) is 0 Å². The quantitative estimate of drug-likeness (QED) is 0.631. The highest BCUT2D eigenvalue weighted by Gasteiger charge is 2.43. The monoisotopic (exact) mass is 452 g/mol. The summed E-state index contributed by atoms with van der Waals surface area (Å²) >= 11 is 13.5. The zero-order chi connectivity index (χ0) is 21.1. The lowest BCUT2D eigenvalue weighted by molar-refractivity contribution is -0.120. The number of hydrogen-bond donors (Lipinski definition) is 1. The predicted octanol–water partition coefficient (Wildman–Crippen LogP) is 4.36. The van der Waals surface area contributed by atoms with Gasteiger partial charge in [-0.15, -0.1) is 0 Å². The molecule has 0 saturated carbocycles.